The lowest BCUT2D eigenvalue weighted by Gasteiger charge is -2.26. The summed E-state index contributed by atoms with van der Waals surface area (Å²) in [5, 5.41) is 0. The van der Waals surface area contributed by atoms with Crippen LogP contribution in [0.2, 0.25) is 0 Å². The van der Waals surface area contributed by atoms with E-state index in [1.807, 2.05) is 29.2 Å². The quantitative estimate of drug-likeness (QED) is 0.920. The van der Waals surface area contributed by atoms with Crippen LogP contribution < -0.4 is 10.6 Å². The molecule has 4 nitrogen and oxygen atoms in total. The average Bonchev–Trinajstić information content (AvgIpc) is 2.81. The van der Waals surface area contributed by atoms with Gasteiger partial charge in [-0.15, -0.1) is 0 Å². The van der Waals surface area contributed by atoms with Crippen LogP contribution in [-0.2, 0) is 0 Å². The maximum Gasteiger partial charge on any atom is 0.196 e. The molecule has 1 atom stereocenters. The summed E-state index contributed by atoms with van der Waals surface area (Å²) in [5.41, 5.74) is 9.28. The molecule has 0 saturated carbocycles. The zero-order chi connectivity index (χ0) is 14.1. The van der Waals surface area contributed by atoms with Gasteiger partial charge >= 0.3 is 0 Å². The normalized spacial score (nSPS) is 18.2. The largest absolute Gasteiger partial charge is 0.369 e. The molecule has 1 aliphatic rings. The maximum atomic E-state index is 6.06. The van der Waals surface area contributed by atoms with Crippen molar-refractivity contribution in [1.29, 1.82) is 0 Å². The molecule has 1 aromatic carbocycles. The van der Waals surface area contributed by atoms with Gasteiger partial charge in [0.05, 0.1) is 18.3 Å². The van der Waals surface area contributed by atoms with Crippen LogP contribution in [0.5, 0.6) is 0 Å². The van der Waals surface area contributed by atoms with Crippen molar-refractivity contribution in [2.75, 3.05) is 11.4 Å². The van der Waals surface area contributed by atoms with E-state index in [9.17, 15) is 0 Å². The number of aliphatic imine (C=N–C) groups is 1. The van der Waals surface area contributed by atoms with Gasteiger partial charge in [0.1, 0.15) is 0 Å². The van der Waals surface area contributed by atoms with Gasteiger partial charge in [-0.05, 0) is 52.7 Å². The Morgan fingerprint density at radius 2 is 2.15 bits per heavy atom. The van der Waals surface area contributed by atoms with E-state index in [2.05, 4.69) is 45.0 Å². The Kier molecular flexibility index (Phi) is 3.44. The van der Waals surface area contributed by atoms with Gasteiger partial charge < -0.3 is 10.6 Å². The van der Waals surface area contributed by atoms with E-state index in [-0.39, 0.29) is 6.04 Å². The molecule has 1 unspecified atom stereocenters. The molecule has 1 aromatic heterocycles. The Balaban J connectivity index is 1.98. The summed E-state index contributed by atoms with van der Waals surface area (Å²) >= 11 is 3.41. The van der Waals surface area contributed by atoms with Crippen LogP contribution in [0.25, 0.3) is 0 Å². The molecule has 0 radical (unpaired) electrons. The van der Waals surface area contributed by atoms with E-state index < -0.39 is 0 Å². The van der Waals surface area contributed by atoms with Gasteiger partial charge in [0.25, 0.3) is 0 Å². The highest BCUT2D eigenvalue weighted by Crippen LogP contribution is 2.30. The lowest BCUT2D eigenvalue weighted by atomic mass is 10.1. The fourth-order valence-corrected chi connectivity index (χ4v) is 2.63. The minimum Gasteiger partial charge on any atom is -0.369 e. The topological polar surface area (TPSA) is 54.5 Å². The van der Waals surface area contributed by atoms with Crippen LogP contribution in [-0.4, -0.2) is 17.5 Å². The highest BCUT2D eigenvalue weighted by Gasteiger charge is 2.29. The smallest absolute Gasteiger partial charge is 0.196 e. The highest BCUT2D eigenvalue weighted by atomic mass is 79.9. The number of rotatable bonds is 2. The summed E-state index contributed by atoms with van der Waals surface area (Å²) in [5.74, 6) is 0.547. The van der Waals surface area contributed by atoms with Gasteiger partial charge in [-0.2, -0.15) is 0 Å². The van der Waals surface area contributed by atoms with Crippen molar-refractivity contribution in [3.8, 4) is 0 Å². The first-order chi connectivity index (χ1) is 9.65. The van der Waals surface area contributed by atoms with Crippen molar-refractivity contribution >= 4 is 27.6 Å². The molecule has 0 aliphatic carbocycles. The second-order valence-corrected chi connectivity index (χ2v) is 5.74. The van der Waals surface area contributed by atoms with Crippen molar-refractivity contribution in [2.24, 2.45) is 10.7 Å². The molecule has 0 bridgehead atoms. The summed E-state index contributed by atoms with van der Waals surface area (Å²) in [6.07, 6.45) is 1.80. The number of aromatic nitrogens is 1. The molecule has 2 heterocycles. The van der Waals surface area contributed by atoms with E-state index in [1.165, 1.54) is 5.56 Å². The maximum absolute atomic E-state index is 6.06. The lowest BCUT2D eigenvalue weighted by Crippen LogP contribution is -2.36. The van der Waals surface area contributed by atoms with Crippen LogP contribution in [0.3, 0.4) is 0 Å². The van der Waals surface area contributed by atoms with Gasteiger partial charge in [-0.1, -0.05) is 12.1 Å². The molecule has 0 fully saturated rings. The Hall–Kier alpha value is -1.88. The molecule has 0 amide bonds. The second-order valence-electron chi connectivity index (χ2n) is 4.82. The third-order valence-corrected chi connectivity index (χ3v) is 3.83. The van der Waals surface area contributed by atoms with Gasteiger partial charge in [-0.3, -0.25) is 9.98 Å². The molecular formula is C15H15BrN4. The molecule has 0 spiro atoms. The number of pyridine rings is 1. The fraction of sp³-hybridized carbons (Fsp3) is 0.200. The number of nitrogens with two attached hydrogens (primary N) is 1. The number of anilines is 1. The summed E-state index contributed by atoms with van der Waals surface area (Å²) in [4.78, 5) is 10.9. The highest BCUT2D eigenvalue weighted by molar-refractivity contribution is 9.10. The molecule has 5 heteroatoms. The number of halogens is 1. The van der Waals surface area contributed by atoms with E-state index in [4.69, 9.17) is 5.73 Å². The fourth-order valence-electron chi connectivity index (χ4n) is 2.40. The zero-order valence-electron chi connectivity index (χ0n) is 11.1. The van der Waals surface area contributed by atoms with E-state index in [0.29, 0.717) is 12.5 Å². The Labute approximate surface area is 126 Å². The van der Waals surface area contributed by atoms with Crippen molar-refractivity contribution in [1.82, 2.24) is 4.98 Å². The first-order valence-electron chi connectivity index (χ1n) is 6.42. The lowest BCUT2D eigenvalue weighted by molar-refractivity contribution is 0.739. The second kappa shape index (κ2) is 5.25. The monoisotopic (exact) mass is 330 g/mol. The number of hydrogen-bond donors (Lipinski definition) is 1. The molecule has 1 aliphatic heterocycles. The standard InChI is InChI=1S/C15H15BrN4/c1-10-3-2-4-12(7-10)20-14(9-19-15(20)17)13-6-5-11(16)8-18-13/h2-8,14H,9H2,1H3,(H2,17,19). The molecule has 20 heavy (non-hydrogen) atoms. The van der Waals surface area contributed by atoms with Crippen LogP contribution in [0.15, 0.2) is 52.1 Å². The number of hydrogen-bond acceptors (Lipinski definition) is 4. The minimum atomic E-state index is 0.0601. The van der Waals surface area contributed by atoms with Crippen LogP contribution in [0, 0.1) is 6.92 Å². The summed E-state index contributed by atoms with van der Waals surface area (Å²) in [6, 6.07) is 12.3. The molecule has 3 rings (SSSR count). The first-order valence-corrected chi connectivity index (χ1v) is 7.22. The van der Waals surface area contributed by atoms with Crippen LogP contribution >= 0.6 is 15.9 Å². The summed E-state index contributed by atoms with van der Waals surface area (Å²) < 4.78 is 0.968. The molecule has 102 valence electrons. The summed E-state index contributed by atoms with van der Waals surface area (Å²) in [6.45, 7) is 2.70. The third-order valence-electron chi connectivity index (χ3n) is 3.36. The average molecular weight is 331 g/mol. The van der Waals surface area contributed by atoms with E-state index >= 15 is 0 Å². The molecule has 0 saturated heterocycles. The van der Waals surface area contributed by atoms with Gasteiger partial charge in [0.15, 0.2) is 5.96 Å². The Morgan fingerprint density at radius 1 is 1.30 bits per heavy atom. The predicted molar refractivity (Wildman–Crippen MR) is 84.8 cm³/mol. The van der Waals surface area contributed by atoms with Crippen molar-refractivity contribution in [2.45, 2.75) is 13.0 Å². The first kappa shape index (κ1) is 13.1. The SMILES string of the molecule is Cc1cccc(N2C(N)=NCC2c2ccc(Br)cn2)c1. The van der Waals surface area contributed by atoms with Crippen molar-refractivity contribution in [3.63, 3.8) is 0 Å². The van der Waals surface area contributed by atoms with Gasteiger partial charge in [0.2, 0.25) is 0 Å². The Morgan fingerprint density at radius 3 is 2.85 bits per heavy atom. The van der Waals surface area contributed by atoms with Crippen molar-refractivity contribution in [3.05, 3.63) is 58.3 Å². The van der Waals surface area contributed by atoms with Gasteiger partial charge in [-0.25, -0.2) is 0 Å². The zero-order valence-corrected chi connectivity index (χ0v) is 12.7. The van der Waals surface area contributed by atoms with E-state index in [0.717, 1.165) is 15.9 Å². The van der Waals surface area contributed by atoms with Crippen LogP contribution in [0.4, 0.5) is 5.69 Å². The molecule has 2 aromatic rings. The number of aryl methyl sites for hydroxylation is 1. The van der Waals surface area contributed by atoms with Crippen LogP contribution in [0.1, 0.15) is 17.3 Å². The van der Waals surface area contributed by atoms with E-state index in [1.54, 1.807) is 6.20 Å². The number of benzene rings is 1. The number of guanidine groups is 1. The number of nitrogens with zero attached hydrogens (tertiary/aromatic N) is 3. The predicted octanol–water partition coefficient (Wildman–Crippen LogP) is 3.03. The Bertz CT molecular complexity index is 651. The third kappa shape index (κ3) is 2.41. The van der Waals surface area contributed by atoms with Crippen molar-refractivity contribution < 1.29 is 0 Å². The van der Waals surface area contributed by atoms with Gasteiger partial charge in [0, 0.05) is 16.4 Å². The molecular weight excluding hydrogens is 316 g/mol. The molecule has 2 N–H and O–H groups in total. The minimum absolute atomic E-state index is 0.0601. The summed E-state index contributed by atoms with van der Waals surface area (Å²) in [7, 11) is 0.